The SMILES string of the molecule is CNc1nc(Cl)nc(N(C)C2CCOC2C)n1. The van der Waals surface area contributed by atoms with E-state index in [1.165, 1.54) is 0 Å². The van der Waals surface area contributed by atoms with Gasteiger partial charge in [-0.05, 0) is 24.9 Å². The lowest BCUT2D eigenvalue weighted by Gasteiger charge is -2.26. The highest BCUT2D eigenvalue weighted by Gasteiger charge is 2.29. The molecule has 1 fully saturated rings. The summed E-state index contributed by atoms with van der Waals surface area (Å²) in [5.74, 6) is 1.04. The molecule has 0 aliphatic carbocycles. The van der Waals surface area contributed by atoms with Gasteiger partial charge in [0.15, 0.2) is 0 Å². The van der Waals surface area contributed by atoms with E-state index in [9.17, 15) is 0 Å². The first-order chi connectivity index (χ1) is 8.11. The topological polar surface area (TPSA) is 63.2 Å². The van der Waals surface area contributed by atoms with Gasteiger partial charge in [-0.2, -0.15) is 15.0 Å². The molecule has 7 heteroatoms. The van der Waals surface area contributed by atoms with Crippen LogP contribution in [0, 0.1) is 0 Å². The lowest BCUT2D eigenvalue weighted by atomic mass is 10.1. The van der Waals surface area contributed by atoms with Crippen LogP contribution in [0.1, 0.15) is 13.3 Å². The van der Waals surface area contributed by atoms with E-state index in [1.54, 1.807) is 7.05 Å². The van der Waals surface area contributed by atoms with Crippen LogP contribution < -0.4 is 10.2 Å². The second-order valence-electron chi connectivity index (χ2n) is 4.02. The van der Waals surface area contributed by atoms with Gasteiger partial charge in [-0.15, -0.1) is 0 Å². The van der Waals surface area contributed by atoms with Gasteiger partial charge in [0.2, 0.25) is 17.2 Å². The predicted molar refractivity (Wildman–Crippen MR) is 66.6 cm³/mol. The van der Waals surface area contributed by atoms with Crippen LogP contribution in [-0.4, -0.2) is 47.8 Å². The van der Waals surface area contributed by atoms with Crippen molar-refractivity contribution in [2.24, 2.45) is 0 Å². The fourth-order valence-corrected chi connectivity index (χ4v) is 2.14. The Hall–Kier alpha value is -1.14. The minimum Gasteiger partial charge on any atom is -0.376 e. The maximum absolute atomic E-state index is 5.86. The highest BCUT2D eigenvalue weighted by atomic mass is 35.5. The second kappa shape index (κ2) is 5.01. The van der Waals surface area contributed by atoms with Gasteiger partial charge in [0.05, 0.1) is 12.1 Å². The molecule has 1 N–H and O–H groups in total. The average Bonchev–Trinajstić information content (AvgIpc) is 2.73. The Bertz CT molecular complexity index is 402. The summed E-state index contributed by atoms with van der Waals surface area (Å²) in [6, 6.07) is 0.276. The quantitative estimate of drug-likeness (QED) is 0.877. The number of rotatable bonds is 3. The van der Waals surface area contributed by atoms with E-state index < -0.39 is 0 Å². The van der Waals surface area contributed by atoms with Gasteiger partial charge >= 0.3 is 0 Å². The van der Waals surface area contributed by atoms with Crippen LogP contribution in [0.15, 0.2) is 0 Å². The monoisotopic (exact) mass is 257 g/mol. The van der Waals surface area contributed by atoms with Crippen molar-refractivity contribution in [1.82, 2.24) is 15.0 Å². The summed E-state index contributed by atoms with van der Waals surface area (Å²) >= 11 is 5.86. The van der Waals surface area contributed by atoms with Crippen LogP contribution in [0.25, 0.3) is 0 Å². The summed E-state index contributed by atoms with van der Waals surface area (Å²) < 4.78 is 5.53. The normalized spacial score (nSPS) is 23.8. The van der Waals surface area contributed by atoms with Crippen LogP contribution in [0.4, 0.5) is 11.9 Å². The standard InChI is InChI=1S/C10H16ClN5O/c1-6-7(4-5-17-6)16(3)10-14-8(11)13-9(12-2)15-10/h6-7H,4-5H2,1-3H3,(H,12,13,14,15). The molecule has 0 bridgehead atoms. The Kier molecular flexibility index (Phi) is 3.63. The molecule has 2 atom stereocenters. The molecule has 6 nitrogen and oxygen atoms in total. The molecule has 2 unspecified atom stereocenters. The highest BCUT2D eigenvalue weighted by Crippen LogP contribution is 2.22. The lowest BCUT2D eigenvalue weighted by molar-refractivity contribution is 0.118. The van der Waals surface area contributed by atoms with E-state index in [4.69, 9.17) is 16.3 Å². The molecule has 0 radical (unpaired) electrons. The van der Waals surface area contributed by atoms with Crippen LogP contribution in [0.5, 0.6) is 0 Å². The van der Waals surface area contributed by atoms with Crippen molar-refractivity contribution >= 4 is 23.5 Å². The summed E-state index contributed by atoms with van der Waals surface area (Å²) in [6.45, 7) is 2.82. The van der Waals surface area contributed by atoms with Crippen molar-refractivity contribution < 1.29 is 4.74 Å². The van der Waals surface area contributed by atoms with Gasteiger partial charge in [0.1, 0.15) is 0 Å². The maximum Gasteiger partial charge on any atom is 0.231 e. The molecular weight excluding hydrogens is 242 g/mol. The van der Waals surface area contributed by atoms with Crippen molar-refractivity contribution in [2.75, 3.05) is 30.9 Å². The molecule has 1 aliphatic heterocycles. The van der Waals surface area contributed by atoms with Crippen LogP contribution in [-0.2, 0) is 4.74 Å². The van der Waals surface area contributed by atoms with E-state index in [0.29, 0.717) is 11.9 Å². The number of ether oxygens (including phenoxy) is 1. The summed E-state index contributed by atoms with van der Waals surface area (Å²) in [5, 5.41) is 3.05. The summed E-state index contributed by atoms with van der Waals surface area (Å²) in [6.07, 6.45) is 1.14. The van der Waals surface area contributed by atoms with Crippen LogP contribution in [0.2, 0.25) is 5.28 Å². The molecule has 1 saturated heterocycles. The summed E-state index contributed by atoms with van der Waals surface area (Å²) in [5.41, 5.74) is 0. The van der Waals surface area contributed by atoms with Crippen LogP contribution in [0.3, 0.4) is 0 Å². The molecule has 1 aromatic heterocycles. The van der Waals surface area contributed by atoms with Gasteiger partial charge in [0, 0.05) is 20.7 Å². The van der Waals surface area contributed by atoms with Crippen LogP contribution >= 0.6 is 11.6 Å². The molecule has 0 saturated carbocycles. The Morgan fingerprint density at radius 3 is 2.76 bits per heavy atom. The van der Waals surface area contributed by atoms with Gasteiger partial charge in [-0.25, -0.2) is 0 Å². The van der Waals surface area contributed by atoms with E-state index in [-0.39, 0.29) is 17.4 Å². The van der Waals surface area contributed by atoms with Crippen molar-refractivity contribution in [2.45, 2.75) is 25.5 Å². The number of hydrogen-bond acceptors (Lipinski definition) is 6. The maximum atomic E-state index is 5.86. The third kappa shape index (κ3) is 2.58. The van der Waals surface area contributed by atoms with Gasteiger partial charge < -0.3 is 15.0 Å². The smallest absolute Gasteiger partial charge is 0.231 e. The zero-order chi connectivity index (χ0) is 12.4. The third-order valence-corrected chi connectivity index (χ3v) is 3.14. The Balaban J connectivity index is 2.23. The molecule has 0 aromatic carbocycles. The number of anilines is 2. The molecule has 94 valence electrons. The molecule has 0 spiro atoms. The molecular formula is C10H16ClN5O. The van der Waals surface area contributed by atoms with Gasteiger partial charge in [-0.1, -0.05) is 0 Å². The average molecular weight is 258 g/mol. The number of aromatic nitrogens is 3. The lowest BCUT2D eigenvalue weighted by Crippen LogP contribution is -2.38. The Morgan fingerprint density at radius 1 is 1.41 bits per heavy atom. The van der Waals surface area contributed by atoms with E-state index >= 15 is 0 Å². The van der Waals surface area contributed by atoms with Crippen molar-refractivity contribution in [1.29, 1.82) is 0 Å². The molecule has 17 heavy (non-hydrogen) atoms. The minimum absolute atomic E-state index is 0.175. The van der Waals surface area contributed by atoms with Crippen molar-refractivity contribution in [3.63, 3.8) is 0 Å². The first kappa shape index (κ1) is 12.3. The van der Waals surface area contributed by atoms with E-state index in [2.05, 4.69) is 27.2 Å². The molecule has 1 aliphatic rings. The second-order valence-corrected chi connectivity index (χ2v) is 4.36. The fourth-order valence-electron chi connectivity index (χ4n) is 1.99. The van der Waals surface area contributed by atoms with Gasteiger partial charge in [0.25, 0.3) is 0 Å². The van der Waals surface area contributed by atoms with E-state index in [0.717, 1.165) is 13.0 Å². The third-order valence-electron chi connectivity index (χ3n) is 2.97. The van der Waals surface area contributed by atoms with Crippen molar-refractivity contribution in [3.8, 4) is 0 Å². The summed E-state index contributed by atoms with van der Waals surface area (Å²) in [7, 11) is 3.69. The number of halogens is 1. The number of likely N-dealkylation sites (N-methyl/N-ethyl adjacent to an activating group) is 1. The molecule has 1 aromatic rings. The predicted octanol–water partition coefficient (Wildman–Crippen LogP) is 1.18. The minimum atomic E-state index is 0.175. The van der Waals surface area contributed by atoms with Crippen molar-refractivity contribution in [3.05, 3.63) is 5.28 Å². The van der Waals surface area contributed by atoms with E-state index in [1.807, 2.05) is 11.9 Å². The zero-order valence-electron chi connectivity index (χ0n) is 10.1. The Labute approximate surface area is 105 Å². The fraction of sp³-hybridized carbons (Fsp3) is 0.700. The van der Waals surface area contributed by atoms with Gasteiger partial charge in [-0.3, -0.25) is 0 Å². The largest absolute Gasteiger partial charge is 0.376 e. The molecule has 2 heterocycles. The molecule has 0 amide bonds. The highest BCUT2D eigenvalue weighted by molar-refractivity contribution is 6.28. The zero-order valence-corrected chi connectivity index (χ0v) is 10.9. The molecule has 2 rings (SSSR count). The number of hydrogen-bond donors (Lipinski definition) is 1. The number of nitrogens with zero attached hydrogens (tertiary/aromatic N) is 4. The number of nitrogens with one attached hydrogen (secondary N) is 1. The Morgan fingerprint density at radius 2 is 2.18 bits per heavy atom. The first-order valence-corrected chi connectivity index (χ1v) is 5.93. The summed E-state index contributed by atoms with van der Waals surface area (Å²) in [4.78, 5) is 14.4. The first-order valence-electron chi connectivity index (χ1n) is 5.55.